The van der Waals surface area contributed by atoms with E-state index in [1.807, 2.05) is 13.0 Å². The Kier molecular flexibility index (Phi) is 7.80. The summed E-state index contributed by atoms with van der Waals surface area (Å²) in [5, 5.41) is 6.25. The Labute approximate surface area is 208 Å². The summed E-state index contributed by atoms with van der Waals surface area (Å²) in [5.74, 6) is 1.10. The number of rotatable bonds is 5. The molecule has 0 bridgehead atoms. The topological polar surface area (TPSA) is 189 Å². The van der Waals surface area contributed by atoms with Crippen molar-refractivity contribution >= 4 is 66.8 Å². The van der Waals surface area contributed by atoms with Crippen LogP contribution in [0.3, 0.4) is 0 Å². The third-order valence-electron chi connectivity index (χ3n) is 4.47. The molecule has 0 atom stereocenters. The first kappa shape index (κ1) is 25.9. The molecule has 3 aromatic rings. The average Bonchev–Trinajstić information content (AvgIpc) is 2.93. The quantitative estimate of drug-likeness (QED) is 0.299. The van der Waals surface area contributed by atoms with E-state index in [2.05, 4.69) is 30.9 Å². The first-order valence-electron chi connectivity index (χ1n) is 9.62. The molecule has 34 heavy (non-hydrogen) atoms. The van der Waals surface area contributed by atoms with Crippen molar-refractivity contribution in [2.75, 3.05) is 24.9 Å². The second-order valence-corrected chi connectivity index (χ2v) is 10.6. The van der Waals surface area contributed by atoms with Crippen molar-refractivity contribution in [3.63, 3.8) is 0 Å². The first-order valence-corrected chi connectivity index (χ1v) is 13.2. The highest BCUT2D eigenvalue weighted by atomic mass is 79.9. The number of anilines is 1. The highest BCUT2D eigenvalue weighted by Gasteiger charge is 2.22. The largest absolute Gasteiger partial charge is 0.495 e. The number of primary amides is 1. The molecule has 15 heteroatoms. The van der Waals surface area contributed by atoms with E-state index in [9.17, 15) is 13.2 Å². The van der Waals surface area contributed by atoms with Gasteiger partial charge in [-0.25, -0.2) is 9.67 Å². The second kappa shape index (κ2) is 10.2. The lowest BCUT2D eigenvalue weighted by Crippen LogP contribution is -2.12. The second-order valence-electron chi connectivity index (χ2n) is 7.33. The van der Waals surface area contributed by atoms with Crippen molar-refractivity contribution in [1.82, 2.24) is 24.7 Å². The lowest BCUT2D eigenvalue weighted by molar-refractivity contribution is -0.117. The maximum atomic E-state index is 11.4. The Morgan fingerprint density at radius 2 is 2.06 bits per heavy atom. The van der Waals surface area contributed by atoms with Crippen molar-refractivity contribution in [3.8, 4) is 5.75 Å². The third-order valence-corrected chi connectivity index (χ3v) is 6.37. The van der Waals surface area contributed by atoms with Crippen LogP contribution in [0.15, 0.2) is 21.3 Å². The summed E-state index contributed by atoms with van der Waals surface area (Å²) in [4.78, 5) is 24.7. The molecule has 182 valence electrons. The number of thioether (sulfide) groups is 1. The van der Waals surface area contributed by atoms with Crippen LogP contribution in [0.2, 0.25) is 0 Å². The smallest absolute Gasteiger partial charge is 0.261 e. The Bertz CT molecular complexity index is 1400. The minimum absolute atomic E-state index is 0.166. The average molecular weight is 572 g/mol. The Morgan fingerprint density at radius 3 is 2.68 bits per heavy atom. The zero-order valence-electron chi connectivity index (χ0n) is 18.4. The van der Waals surface area contributed by atoms with Gasteiger partial charge < -0.3 is 16.2 Å². The van der Waals surface area contributed by atoms with Crippen LogP contribution in [0.25, 0.3) is 17.1 Å². The summed E-state index contributed by atoms with van der Waals surface area (Å²) >= 11 is 5.07. The van der Waals surface area contributed by atoms with E-state index in [0.29, 0.717) is 29.9 Å². The van der Waals surface area contributed by atoms with Crippen LogP contribution in [-0.4, -0.2) is 62.7 Å². The molecule has 3 aromatic heterocycles. The maximum absolute atomic E-state index is 11.4. The van der Waals surface area contributed by atoms with E-state index in [1.54, 1.807) is 18.0 Å². The maximum Gasteiger partial charge on any atom is 0.261 e. The molecule has 0 fully saturated rings. The van der Waals surface area contributed by atoms with Crippen molar-refractivity contribution in [2.45, 2.75) is 24.9 Å². The summed E-state index contributed by atoms with van der Waals surface area (Å²) in [6.07, 6.45) is 4.52. The van der Waals surface area contributed by atoms with E-state index < -0.39 is 10.1 Å². The van der Waals surface area contributed by atoms with Gasteiger partial charge >= 0.3 is 0 Å². The highest BCUT2D eigenvalue weighted by molar-refractivity contribution is 9.10. The summed E-state index contributed by atoms with van der Waals surface area (Å²) in [5.41, 5.74) is 15.2. The number of carbonyl (C=O) groups excluding carboxylic acids is 1. The number of nitrogens with zero attached hydrogens (tertiary/aromatic N) is 5. The monoisotopic (exact) mass is 571 g/mol. The van der Waals surface area contributed by atoms with Crippen LogP contribution in [0.4, 0.5) is 5.95 Å². The van der Waals surface area contributed by atoms with E-state index in [4.69, 9.17) is 25.9 Å². The predicted octanol–water partition coefficient (Wildman–Crippen LogP) is 1.80. The van der Waals surface area contributed by atoms with Crippen LogP contribution < -0.4 is 16.2 Å². The van der Waals surface area contributed by atoms with Crippen molar-refractivity contribution in [2.24, 2.45) is 5.73 Å². The number of aromatic nitrogens is 5. The number of ether oxygens (including phenoxy) is 1. The molecule has 5 N–H and O–H groups in total. The third kappa shape index (κ3) is 6.22. The first-order chi connectivity index (χ1) is 15.9. The van der Waals surface area contributed by atoms with Gasteiger partial charge in [0.1, 0.15) is 10.8 Å². The molecule has 0 saturated heterocycles. The summed E-state index contributed by atoms with van der Waals surface area (Å²) in [6.45, 7) is 2.28. The predicted molar refractivity (Wildman–Crippen MR) is 132 cm³/mol. The van der Waals surface area contributed by atoms with Gasteiger partial charge in [-0.05, 0) is 34.5 Å². The van der Waals surface area contributed by atoms with Gasteiger partial charge in [0.25, 0.3) is 10.1 Å². The minimum atomic E-state index is -3.67. The molecule has 0 aromatic carbocycles. The zero-order valence-corrected chi connectivity index (χ0v) is 21.7. The van der Waals surface area contributed by atoms with Crippen LogP contribution in [0, 0.1) is 6.92 Å². The van der Waals surface area contributed by atoms with Crippen LogP contribution in [0.1, 0.15) is 23.4 Å². The fraction of sp³-hybridized carbons (Fsp3) is 0.316. The Hall–Kier alpha value is -2.75. The molecule has 1 aliphatic heterocycles. The Balaban J connectivity index is 0.000000588. The minimum Gasteiger partial charge on any atom is -0.495 e. The normalized spacial score (nSPS) is 13.0. The van der Waals surface area contributed by atoms with Gasteiger partial charge in [-0.15, -0.1) is 11.8 Å². The highest BCUT2D eigenvalue weighted by Crippen LogP contribution is 2.36. The van der Waals surface area contributed by atoms with Crippen LogP contribution in [0.5, 0.6) is 5.75 Å². The molecule has 0 spiro atoms. The molecule has 4 heterocycles. The number of carbonyl (C=O) groups is 1. The molecule has 0 radical (unpaired) electrons. The van der Waals surface area contributed by atoms with Crippen molar-refractivity contribution < 1.29 is 22.5 Å². The van der Waals surface area contributed by atoms with E-state index >= 15 is 0 Å². The number of aryl methyl sites for hydroxylation is 1. The van der Waals surface area contributed by atoms with Gasteiger partial charge in [0, 0.05) is 23.9 Å². The van der Waals surface area contributed by atoms with Gasteiger partial charge in [0.15, 0.2) is 5.65 Å². The number of hydrogen-bond acceptors (Lipinski definition) is 10. The zero-order chi connectivity index (χ0) is 25.2. The van der Waals surface area contributed by atoms with Gasteiger partial charge in [-0.2, -0.15) is 18.5 Å². The van der Waals surface area contributed by atoms with Gasteiger partial charge in [0.2, 0.25) is 11.9 Å². The summed E-state index contributed by atoms with van der Waals surface area (Å²) < 4.78 is 33.8. The van der Waals surface area contributed by atoms with E-state index in [0.717, 1.165) is 37.5 Å². The molecule has 4 rings (SSSR count). The van der Waals surface area contributed by atoms with E-state index in [1.165, 1.54) is 11.8 Å². The molecule has 0 saturated carbocycles. The van der Waals surface area contributed by atoms with Crippen LogP contribution >= 0.6 is 27.7 Å². The number of halogens is 1. The Morgan fingerprint density at radius 1 is 1.38 bits per heavy atom. The molecule has 1 amide bonds. The summed E-state index contributed by atoms with van der Waals surface area (Å²) in [7, 11) is -2.05. The number of hydrogen-bond donors (Lipinski definition) is 3. The van der Waals surface area contributed by atoms with E-state index in [-0.39, 0.29) is 18.3 Å². The molecule has 0 unspecified atom stereocenters. The fourth-order valence-electron chi connectivity index (χ4n) is 3.22. The van der Waals surface area contributed by atoms with Crippen molar-refractivity contribution in [3.05, 3.63) is 33.2 Å². The molecular formula is C19H22BrN7O5S2. The number of amides is 1. The van der Waals surface area contributed by atoms with Crippen molar-refractivity contribution in [1.29, 1.82) is 0 Å². The molecular weight excluding hydrogens is 550 g/mol. The molecule has 1 aliphatic rings. The van der Waals surface area contributed by atoms with Gasteiger partial charge in [0.05, 0.1) is 41.2 Å². The van der Waals surface area contributed by atoms with Gasteiger partial charge in [-0.1, -0.05) is 0 Å². The number of nitrogen functional groups attached to an aromatic ring is 1. The molecule has 12 nitrogen and oxygen atoms in total. The summed E-state index contributed by atoms with van der Waals surface area (Å²) in [6, 6.07) is 0. The molecule has 0 aliphatic carbocycles. The number of methoxy groups -OCH3 is 1. The standard InChI is InChI=1S/C18H18BrN7O2S.CH4O3S/c1-8-5-22-11(14(19)15(8)28-2)6-26-16-13-10(25-26)3-9(4-12(20)27)7-29-17(13)24-18(21)23-16;1-5(2,3)4/h3,5H,4,6-7H2,1-2H3,(H2,20,27)(H2,21,23,24);1H3,(H,2,3,4). The number of nitrogens with two attached hydrogens (primary N) is 2. The fourth-order valence-corrected chi connectivity index (χ4v) is 4.93. The lowest BCUT2D eigenvalue weighted by Gasteiger charge is -2.11. The SMILES string of the molecule is COc1c(C)cnc(Cn2nc3c4c(nc(N)nc42)SCC(CC(N)=O)=C3)c1Br.CS(=O)(=O)O. The number of pyridine rings is 1. The van der Waals surface area contributed by atoms with Crippen LogP contribution in [-0.2, 0) is 21.5 Å². The van der Waals surface area contributed by atoms with Gasteiger partial charge in [-0.3, -0.25) is 14.3 Å². The lowest BCUT2D eigenvalue weighted by atomic mass is 10.1.